The smallest absolute Gasteiger partial charge is 0.356 e. The highest BCUT2D eigenvalue weighted by molar-refractivity contribution is 8.23. The molecule has 0 saturated carbocycles. The molecule has 0 spiro atoms. The van der Waals surface area contributed by atoms with Gasteiger partial charge in [-0.1, -0.05) is 136 Å². The Hall–Kier alpha value is -4.79. The van der Waals surface area contributed by atoms with Gasteiger partial charge < -0.3 is 9.16 Å². The molecule has 12 nitrogen and oxygen atoms in total. The van der Waals surface area contributed by atoms with Gasteiger partial charge in [-0.15, -0.1) is 5.10 Å². The number of β-lactam (4-membered cyclic amide) rings is 1. The number of thiocarbonyl (C=S) groups is 1. The number of ether oxygens (including phenoxy) is 1. The van der Waals surface area contributed by atoms with Crippen molar-refractivity contribution in [3.8, 4) is 0 Å². The number of hydrogen-bond donors (Lipinski definition) is 0. The summed E-state index contributed by atoms with van der Waals surface area (Å²) >= 11 is 7.36. The van der Waals surface area contributed by atoms with E-state index in [4.69, 9.17) is 21.4 Å². The normalized spacial score (nSPS) is 16.3. The number of tetrazole rings is 1. The zero-order chi connectivity index (χ0) is 41.8. The van der Waals surface area contributed by atoms with Crippen LogP contribution < -0.4 is 15.9 Å². The van der Waals surface area contributed by atoms with Gasteiger partial charge >= 0.3 is 5.97 Å². The molecule has 5 aromatic rings. The molecule has 0 bridgehead atoms. The summed E-state index contributed by atoms with van der Waals surface area (Å²) in [7, 11) is -0.634. The van der Waals surface area contributed by atoms with Crippen LogP contribution in [0.5, 0.6) is 0 Å². The molecular formula is C42H47N6O6PS2Si. The number of non-ortho nitro benzene ring substituents is 1. The Morgan fingerprint density at radius 3 is 1.90 bits per heavy atom. The molecule has 58 heavy (non-hydrogen) atoms. The lowest BCUT2D eigenvalue weighted by molar-refractivity contribution is -0.384. The standard InChI is InChI=1S/C42H47N6O6PS2Si/c1-29(54-58(6,7)42(2,3)4)37-38(49)47(40(37)57-36(56)27-35-43-44-45-46(35)5)39(41(50)53-28-30-23-25-31(26-24-30)48(51)52)55(32-17-11-8-12-18-32,33-19-13-9-14-20-33)34-21-15-10-16-22-34/h8-26,29,37,40H,27-28H2,1-7H3/t29-,37-,40-/m1/s1. The van der Waals surface area contributed by atoms with Crippen LogP contribution in [0.4, 0.5) is 5.69 Å². The minimum atomic E-state index is -3.26. The van der Waals surface area contributed by atoms with Gasteiger partial charge in [0.1, 0.15) is 17.4 Å². The highest BCUT2D eigenvalue weighted by Crippen LogP contribution is 2.52. The molecule has 1 amide bonds. The van der Waals surface area contributed by atoms with Crippen molar-refractivity contribution in [3.05, 3.63) is 137 Å². The van der Waals surface area contributed by atoms with E-state index in [1.807, 2.05) is 97.9 Å². The van der Waals surface area contributed by atoms with Crippen molar-refractivity contribution in [1.82, 2.24) is 25.1 Å². The van der Waals surface area contributed by atoms with Crippen molar-refractivity contribution >= 4 is 82.3 Å². The topological polar surface area (TPSA) is 143 Å². The Bertz CT molecular complexity index is 2240. The van der Waals surface area contributed by atoms with Crippen LogP contribution in [0.3, 0.4) is 0 Å². The fourth-order valence-corrected chi connectivity index (χ4v) is 14.4. The Morgan fingerprint density at radius 2 is 1.45 bits per heavy atom. The number of aryl methyl sites for hydroxylation is 1. The fourth-order valence-electron chi connectivity index (χ4n) is 6.78. The first-order chi connectivity index (χ1) is 27.6. The number of thioether (sulfide) groups is 1. The van der Waals surface area contributed by atoms with Crippen LogP contribution in [0.25, 0.3) is 0 Å². The van der Waals surface area contributed by atoms with Crippen LogP contribution in [-0.2, 0) is 38.8 Å². The minimum absolute atomic E-state index is 0.0799. The quantitative estimate of drug-likeness (QED) is 0.0222. The van der Waals surface area contributed by atoms with Gasteiger partial charge in [0.05, 0.1) is 27.6 Å². The van der Waals surface area contributed by atoms with Crippen molar-refractivity contribution in [2.45, 2.75) is 70.3 Å². The van der Waals surface area contributed by atoms with Crippen LogP contribution in [-0.4, -0.2) is 71.3 Å². The fraction of sp³-hybridized carbons (Fsp3) is 0.310. The molecule has 2 heterocycles. The van der Waals surface area contributed by atoms with Gasteiger partial charge in [-0.05, 0) is 69.1 Å². The first-order valence-electron chi connectivity index (χ1n) is 18.8. The monoisotopic (exact) mass is 854 g/mol. The Kier molecular flexibility index (Phi) is 13.0. The number of carbonyl (C=O) groups is 2. The molecule has 1 aliphatic rings. The number of carbonyl (C=O) groups excluding carboxylic acids is 2. The van der Waals surface area contributed by atoms with E-state index in [0.717, 1.165) is 15.9 Å². The molecule has 1 fully saturated rings. The lowest BCUT2D eigenvalue weighted by atomic mass is 9.93. The van der Waals surface area contributed by atoms with Crippen LogP contribution in [0, 0.1) is 16.0 Å². The first kappa shape index (κ1) is 42.8. The second-order valence-corrected chi connectivity index (χ2v) is 25.6. The lowest BCUT2D eigenvalue weighted by Crippen LogP contribution is -2.68. The van der Waals surface area contributed by atoms with Crippen molar-refractivity contribution < 1.29 is 23.7 Å². The third kappa shape index (κ3) is 8.64. The van der Waals surface area contributed by atoms with Crippen molar-refractivity contribution in [1.29, 1.82) is 0 Å². The van der Waals surface area contributed by atoms with Gasteiger partial charge in [-0.25, -0.2) is 9.48 Å². The second-order valence-electron chi connectivity index (χ2n) is 15.6. The maximum Gasteiger partial charge on any atom is 0.356 e. The number of esters is 1. The predicted molar refractivity (Wildman–Crippen MR) is 238 cm³/mol. The lowest BCUT2D eigenvalue weighted by Gasteiger charge is -2.52. The van der Waals surface area contributed by atoms with Gasteiger partial charge in [0.2, 0.25) is 5.91 Å². The highest BCUT2D eigenvalue weighted by atomic mass is 32.2. The van der Waals surface area contributed by atoms with E-state index in [9.17, 15) is 10.1 Å². The largest absolute Gasteiger partial charge is 0.456 e. The number of nitro benzene ring substituents is 1. The molecule has 6 rings (SSSR count). The molecule has 3 atom stereocenters. The number of amides is 1. The number of likely N-dealkylation sites (tertiary alicyclic amines) is 1. The predicted octanol–water partition coefficient (Wildman–Crippen LogP) is 6.78. The number of aromatic nitrogens is 4. The van der Waals surface area contributed by atoms with E-state index in [1.54, 1.807) is 28.8 Å². The Balaban J connectivity index is 1.60. The van der Waals surface area contributed by atoms with Crippen molar-refractivity contribution in [2.75, 3.05) is 0 Å². The van der Waals surface area contributed by atoms with E-state index in [0.29, 0.717) is 15.6 Å². The van der Waals surface area contributed by atoms with Gasteiger partial charge in [0.25, 0.3) is 5.69 Å². The summed E-state index contributed by atoms with van der Waals surface area (Å²) < 4.78 is 15.2. The van der Waals surface area contributed by atoms with Crippen LogP contribution in [0.1, 0.15) is 39.1 Å². The summed E-state index contributed by atoms with van der Waals surface area (Å²) in [5, 5.41) is 25.0. The van der Waals surface area contributed by atoms with E-state index < -0.39 is 43.5 Å². The summed E-state index contributed by atoms with van der Waals surface area (Å²) in [6.07, 6.45) is -0.264. The van der Waals surface area contributed by atoms with E-state index in [2.05, 4.69) is 49.4 Å². The van der Waals surface area contributed by atoms with Gasteiger partial charge in [-0.2, -0.15) is 0 Å². The third-order valence-electron chi connectivity index (χ3n) is 10.8. The van der Waals surface area contributed by atoms with Crippen LogP contribution in [0.2, 0.25) is 18.1 Å². The Morgan fingerprint density at radius 1 is 0.931 bits per heavy atom. The van der Waals surface area contributed by atoms with Crippen LogP contribution >= 0.6 is 30.9 Å². The minimum Gasteiger partial charge on any atom is -0.456 e. The summed E-state index contributed by atoms with van der Waals surface area (Å²) in [5.74, 6) is -1.08. The average molecular weight is 855 g/mol. The number of hydrogen-bond acceptors (Lipinski definition) is 11. The molecule has 0 unspecified atom stereocenters. The van der Waals surface area contributed by atoms with E-state index in [-0.39, 0.29) is 35.1 Å². The number of nitro groups is 1. The number of benzene rings is 4. The third-order valence-corrected chi connectivity index (χ3v) is 21.2. The first-order valence-corrected chi connectivity index (χ1v) is 24.8. The molecule has 0 N–H and O–H groups in total. The molecule has 0 radical (unpaired) electrons. The zero-order valence-electron chi connectivity index (χ0n) is 33.5. The molecule has 1 aromatic heterocycles. The summed E-state index contributed by atoms with van der Waals surface area (Å²) in [5.41, 5.74) is 0.665. The molecule has 16 heteroatoms. The average Bonchev–Trinajstić information content (AvgIpc) is 3.60. The van der Waals surface area contributed by atoms with Gasteiger partial charge in [0.15, 0.2) is 14.1 Å². The van der Waals surface area contributed by atoms with Gasteiger partial charge in [-0.3, -0.25) is 19.8 Å². The maximum atomic E-state index is 15.4. The maximum absolute atomic E-state index is 15.4. The SMILES string of the molecule is C[C@@H](O[Si](C)(C)C(C)(C)C)[C@@H]1C(=O)N(C(C(=O)OCc2ccc([N+](=O)[O-])cc2)=P(c2ccccc2)(c2ccccc2)c2ccccc2)[C@@H]1SC(=S)Cc1nnnn1C. The van der Waals surface area contributed by atoms with Crippen molar-refractivity contribution in [2.24, 2.45) is 13.0 Å². The Labute approximate surface area is 349 Å². The molecular weight excluding hydrogens is 808 g/mol. The van der Waals surface area contributed by atoms with E-state index in [1.165, 1.54) is 23.9 Å². The molecule has 1 aliphatic heterocycles. The second kappa shape index (κ2) is 17.6. The number of nitrogens with zero attached hydrogens (tertiary/aromatic N) is 6. The van der Waals surface area contributed by atoms with Crippen LogP contribution in [0.15, 0.2) is 115 Å². The summed E-state index contributed by atoms with van der Waals surface area (Å²) in [4.78, 5) is 43.2. The van der Waals surface area contributed by atoms with Gasteiger partial charge in [0, 0.05) is 26.1 Å². The molecule has 4 aromatic carbocycles. The zero-order valence-corrected chi connectivity index (χ0v) is 37.0. The van der Waals surface area contributed by atoms with E-state index >= 15 is 9.59 Å². The summed E-state index contributed by atoms with van der Waals surface area (Å²) in [6, 6.07) is 35.2. The van der Waals surface area contributed by atoms with Crippen molar-refractivity contribution in [3.63, 3.8) is 0 Å². The number of rotatable bonds is 14. The molecule has 0 aliphatic carbocycles. The summed E-state index contributed by atoms with van der Waals surface area (Å²) in [6.45, 7) is 9.26. The molecule has 1 saturated heterocycles. The molecule has 302 valence electrons. The highest BCUT2D eigenvalue weighted by Gasteiger charge is 2.57.